The minimum absolute atomic E-state index is 0.117. The summed E-state index contributed by atoms with van der Waals surface area (Å²) in [5.41, 5.74) is 0.797. The molecule has 2 unspecified atom stereocenters. The molecule has 5 heteroatoms. The summed E-state index contributed by atoms with van der Waals surface area (Å²) in [5.74, 6) is -0.578. The summed E-state index contributed by atoms with van der Waals surface area (Å²) >= 11 is 1.17. The van der Waals surface area contributed by atoms with Crippen LogP contribution in [0.2, 0.25) is 0 Å². The second-order valence-electron chi connectivity index (χ2n) is 5.14. The van der Waals surface area contributed by atoms with E-state index in [4.69, 9.17) is 0 Å². The van der Waals surface area contributed by atoms with Crippen molar-refractivity contribution in [2.24, 2.45) is 0 Å². The minimum Gasteiger partial charge on any atom is -0.394 e. The maximum absolute atomic E-state index is 13.9. The molecule has 0 aromatic heterocycles. The van der Waals surface area contributed by atoms with Gasteiger partial charge in [-0.25, -0.2) is 4.39 Å². The predicted octanol–water partition coefficient (Wildman–Crippen LogP) is 3.55. The van der Waals surface area contributed by atoms with Gasteiger partial charge < -0.3 is 10.4 Å². The number of thioether (sulfide) groups is 1. The highest BCUT2D eigenvalue weighted by Crippen LogP contribution is 2.36. The average Bonchev–Trinajstić information content (AvgIpc) is 2.59. The standard InChI is InChI=1S/C18H20FNO2S/c1-2-14(12-21)20-18(22)17(13-8-4-3-5-9-13)23-16-11-7-6-10-15(16)19/h3-11,14,17,21H,2,12H2,1H3,(H,20,22). The molecule has 0 fully saturated rings. The molecule has 0 saturated carbocycles. The number of carbonyl (C=O) groups excluding carboxylic acids is 1. The van der Waals surface area contributed by atoms with E-state index in [1.54, 1.807) is 18.2 Å². The minimum atomic E-state index is -0.575. The number of aliphatic hydroxyl groups is 1. The molecular formula is C18H20FNO2S. The van der Waals surface area contributed by atoms with Crippen LogP contribution in [-0.2, 0) is 4.79 Å². The van der Waals surface area contributed by atoms with E-state index in [2.05, 4.69) is 5.32 Å². The molecule has 2 atom stereocenters. The van der Waals surface area contributed by atoms with E-state index in [0.29, 0.717) is 11.3 Å². The van der Waals surface area contributed by atoms with Gasteiger partial charge in [0, 0.05) is 4.90 Å². The van der Waals surface area contributed by atoms with Gasteiger partial charge in [0.1, 0.15) is 11.1 Å². The van der Waals surface area contributed by atoms with Crippen molar-refractivity contribution in [3.05, 3.63) is 66.0 Å². The summed E-state index contributed by atoms with van der Waals surface area (Å²) < 4.78 is 13.9. The second-order valence-corrected chi connectivity index (χ2v) is 6.28. The van der Waals surface area contributed by atoms with Crippen molar-refractivity contribution in [3.8, 4) is 0 Å². The summed E-state index contributed by atoms with van der Waals surface area (Å²) in [4.78, 5) is 13.0. The Balaban J connectivity index is 2.25. The number of aliphatic hydroxyl groups excluding tert-OH is 1. The van der Waals surface area contributed by atoms with Crippen LogP contribution in [0.25, 0.3) is 0 Å². The van der Waals surface area contributed by atoms with Crippen LogP contribution in [-0.4, -0.2) is 23.7 Å². The summed E-state index contributed by atoms with van der Waals surface area (Å²) in [6.07, 6.45) is 0.633. The highest BCUT2D eigenvalue weighted by atomic mass is 32.2. The lowest BCUT2D eigenvalue weighted by molar-refractivity contribution is -0.121. The molecule has 23 heavy (non-hydrogen) atoms. The normalized spacial score (nSPS) is 13.3. The number of hydrogen-bond acceptors (Lipinski definition) is 3. The first-order valence-corrected chi connectivity index (χ1v) is 8.41. The Bertz CT molecular complexity index is 632. The lowest BCUT2D eigenvalue weighted by Crippen LogP contribution is -2.39. The third-order valence-electron chi connectivity index (χ3n) is 3.48. The molecule has 122 valence electrons. The molecule has 2 rings (SSSR count). The van der Waals surface area contributed by atoms with E-state index in [1.807, 2.05) is 37.3 Å². The zero-order valence-electron chi connectivity index (χ0n) is 12.9. The van der Waals surface area contributed by atoms with Crippen molar-refractivity contribution in [2.75, 3.05) is 6.61 Å². The van der Waals surface area contributed by atoms with Crippen LogP contribution in [0, 0.1) is 5.82 Å². The lowest BCUT2D eigenvalue weighted by Gasteiger charge is -2.21. The molecule has 3 nitrogen and oxygen atoms in total. The number of nitrogens with one attached hydrogen (secondary N) is 1. The Kier molecular flexibility index (Phi) is 6.62. The molecule has 0 heterocycles. The Hall–Kier alpha value is -1.85. The fourth-order valence-corrected chi connectivity index (χ4v) is 3.18. The Morgan fingerprint density at radius 1 is 1.17 bits per heavy atom. The van der Waals surface area contributed by atoms with Crippen LogP contribution >= 0.6 is 11.8 Å². The highest BCUT2D eigenvalue weighted by Gasteiger charge is 2.24. The third-order valence-corrected chi connectivity index (χ3v) is 4.79. The molecule has 0 aliphatic rings. The molecule has 0 aliphatic heterocycles. The van der Waals surface area contributed by atoms with Gasteiger partial charge in [-0.15, -0.1) is 11.8 Å². The van der Waals surface area contributed by atoms with Gasteiger partial charge in [-0.3, -0.25) is 4.79 Å². The van der Waals surface area contributed by atoms with E-state index in [9.17, 15) is 14.3 Å². The monoisotopic (exact) mass is 333 g/mol. The van der Waals surface area contributed by atoms with Gasteiger partial charge in [0.15, 0.2) is 0 Å². The zero-order chi connectivity index (χ0) is 16.7. The number of rotatable bonds is 7. The maximum Gasteiger partial charge on any atom is 0.238 e. The first-order chi connectivity index (χ1) is 11.2. The second kappa shape index (κ2) is 8.70. The molecule has 0 spiro atoms. The zero-order valence-corrected chi connectivity index (χ0v) is 13.7. The van der Waals surface area contributed by atoms with Crippen molar-refractivity contribution >= 4 is 17.7 Å². The summed E-state index contributed by atoms with van der Waals surface area (Å²) in [6, 6.07) is 15.4. The SMILES string of the molecule is CCC(CO)NC(=O)C(Sc1ccccc1F)c1ccccc1. The van der Waals surface area contributed by atoms with Crippen molar-refractivity contribution in [3.63, 3.8) is 0 Å². The number of amides is 1. The molecule has 0 saturated heterocycles. The van der Waals surface area contributed by atoms with Crippen molar-refractivity contribution in [2.45, 2.75) is 29.5 Å². The third kappa shape index (κ3) is 4.81. The van der Waals surface area contributed by atoms with Crippen LogP contribution in [0.5, 0.6) is 0 Å². The van der Waals surface area contributed by atoms with Crippen LogP contribution in [0.15, 0.2) is 59.5 Å². The number of carbonyl (C=O) groups is 1. The van der Waals surface area contributed by atoms with Gasteiger partial charge in [-0.05, 0) is 24.1 Å². The molecule has 2 aromatic rings. The smallest absolute Gasteiger partial charge is 0.238 e. The van der Waals surface area contributed by atoms with Crippen molar-refractivity contribution in [1.82, 2.24) is 5.32 Å². The molecule has 1 amide bonds. The van der Waals surface area contributed by atoms with Crippen LogP contribution < -0.4 is 5.32 Å². The lowest BCUT2D eigenvalue weighted by atomic mass is 10.1. The summed E-state index contributed by atoms with van der Waals surface area (Å²) in [5, 5.41) is 11.5. The van der Waals surface area contributed by atoms with Crippen LogP contribution in [0.4, 0.5) is 4.39 Å². The highest BCUT2D eigenvalue weighted by molar-refractivity contribution is 8.00. The Labute approximate surface area is 139 Å². The van der Waals surface area contributed by atoms with Gasteiger partial charge in [0.25, 0.3) is 0 Å². The van der Waals surface area contributed by atoms with Gasteiger partial charge in [0.2, 0.25) is 5.91 Å². The van der Waals surface area contributed by atoms with Gasteiger partial charge >= 0.3 is 0 Å². The van der Waals surface area contributed by atoms with E-state index < -0.39 is 5.25 Å². The van der Waals surface area contributed by atoms with Gasteiger partial charge in [0.05, 0.1) is 12.6 Å². The number of benzene rings is 2. The van der Waals surface area contributed by atoms with E-state index >= 15 is 0 Å². The van der Waals surface area contributed by atoms with Gasteiger partial charge in [-0.2, -0.15) is 0 Å². The molecule has 2 aromatic carbocycles. The fraction of sp³-hybridized carbons (Fsp3) is 0.278. The van der Waals surface area contributed by atoms with Crippen LogP contribution in [0.1, 0.15) is 24.2 Å². The van der Waals surface area contributed by atoms with Crippen molar-refractivity contribution < 1.29 is 14.3 Å². The molecule has 0 bridgehead atoms. The predicted molar refractivity (Wildman–Crippen MR) is 90.7 cm³/mol. The number of hydrogen-bond donors (Lipinski definition) is 2. The van der Waals surface area contributed by atoms with Gasteiger partial charge in [-0.1, -0.05) is 49.4 Å². The van der Waals surface area contributed by atoms with E-state index in [0.717, 1.165) is 5.56 Å². The van der Waals surface area contributed by atoms with E-state index in [-0.39, 0.29) is 24.4 Å². The Morgan fingerprint density at radius 2 is 1.83 bits per heavy atom. The first-order valence-electron chi connectivity index (χ1n) is 7.53. The summed E-state index contributed by atoms with van der Waals surface area (Å²) in [6.45, 7) is 1.77. The maximum atomic E-state index is 13.9. The molecule has 0 radical (unpaired) electrons. The van der Waals surface area contributed by atoms with Crippen LogP contribution in [0.3, 0.4) is 0 Å². The van der Waals surface area contributed by atoms with E-state index in [1.165, 1.54) is 17.8 Å². The average molecular weight is 333 g/mol. The quantitative estimate of drug-likeness (QED) is 0.762. The topological polar surface area (TPSA) is 49.3 Å². The number of halogens is 1. The molecule has 0 aliphatic carbocycles. The Morgan fingerprint density at radius 3 is 2.43 bits per heavy atom. The molecular weight excluding hydrogens is 313 g/mol. The molecule has 2 N–H and O–H groups in total. The fourth-order valence-electron chi connectivity index (χ4n) is 2.12. The van der Waals surface area contributed by atoms with Crippen molar-refractivity contribution in [1.29, 1.82) is 0 Å². The first kappa shape index (κ1) is 17.5. The largest absolute Gasteiger partial charge is 0.394 e. The summed E-state index contributed by atoms with van der Waals surface area (Å²) in [7, 11) is 0.